The Hall–Kier alpha value is 0.200. The molecule has 0 saturated carbocycles. The van der Waals surface area contributed by atoms with Crippen LogP contribution in [0.25, 0.3) is 0 Å². The Bertz CT molecular complexity index is 153. The van der Waals surface area contributed by atoms with E-state index in [2.05, 4.69) is 0 Å². The average molecular weight is 158 g/mol. The summed E-state index contributed by atoms with van der Waals surface area (Å²) < 4.78 is 21.5. The number of rotatable bonds is 2. The molecule has 0 fully saturated rings. The number of hydrogen-bond donors (Lipinski definition) is 0. The zero-order valence-corrected chi connectivity index (χ0v) is 6.33. The van der Waals surface area contributed by atoms with Gasteiger partial charge in [0, 0.05) is 6.54 Å². The van der Waals surface area contributed by atoms with Crippen molar-refractivity contribution in [3.8, 4) is 0 Å². The van der Waals surface area contributed by atoms with Crippen molar-refractivity contribution in [1.82, 2.24) is 3.82 Å². The molecule has 0 unspecified atom stereocenters. The van der Waals surface area contributed by atoms with E-state index in [1.807, 2.05) is 0 Å². The van der Waals surface area contributed by atoms with Gasteiger partial charge in [0.05, 0.1) is 6.26 Å². The van der Waals surface area contributed by atoms with E-state index in [1.54, 1.807) is 6.92 Å². The van der Waals surface area contributed by atoms with Gasteiger partial charge < -0.3 is 0 Å². The summed E-state index contributed by atoms with van der Waals surface area (Å²) in [4.78, 5) is 0. The van der Waals surface area contributed by atoms with Gasteiger partial charge in [-0.05, 0) is 18.7 Å². The van der Waals surface area contributed by atoms with Crippen molar-refractivity contribution in [1.29, 1.82) is 0 Å². The Balaban J connectivity index is 4.04. The number of sulfonamides is 1. The predicted molar refractivity (Wildman–Crippen MR) is 33.1 cm³/mol. The van der Waals surface area contributed by atoms with Gasteiger partial charge in [-0.25, -0.2) is 8.42 Å². The Kier molecular flexibility index (Phi) is 2.73. The molecule has 5 heteroatoms. The van der Waals surface area contributed by atoms with Gasteiger partial charge >= 0.3 is 0 Å². The highest BCUT2D eigenvalue weighted by Gasteiger charge is 2.08. The van der Waals surface area contributed by atoms with Gasteiger partial charge in [0.15, 0.2) is 0 Å². The Morgan fingerprint density at radius 2 is 2.00 bits per heavy atom. The molecule has 0 atom stereocenters. The average Bonchev–Trinajstić information content (AvgIpc) is 1.62. The molecule has 0 bridgehead atoms. The lowest BCUT2D eigenvalue weighted by Gasteiger charge is -2.04. The molecule has 0 aliphatic carbocycles. The van der Waals surface area contributed by atoms with Crippen LogP contribution in [-0.2, 0) is 10.0 Å². The van der Waals surface area contributed by atoms with Gasteiger partial charge in [-0.15, -0.1) is 3.82 Å². The lowest BCUT2D eigenvalue weighted by molar-refractivity contribution is 0.552. The van der Waals surface area contributed by atoms with E-state index in [9.17, 15) is 8.42 Å². The minimum atomic E-state index is -3.15. The van der Waals surface area contributed by atoms with Crippen LogP contribution in [0.4, 0.5) is 0 Å². The van der Waals surface area contributed by atoms with Crippen molar-refractivity contribution in [2.24, 2.45) is 0 Å². The van der Waals surface area contributed by atoms with E-state index in [-0.39, 0.29) is 0 Å². The molecule has 0 heterocycles. The van der Waals surface area contributed by atoms with Crippen molar-refractivity contribution in [2.45, 2.75) is 6.92 Å². The summed E-state index contributed by atoms with van der Waals surface area (Å²) in [5.41, 5.74) is 0. The van der Waals surface area contributed by atoms with Crippen molar-refractivity contribution >= 4 is 21.8 Å². The Labute approximate surface area is 54.4 Å². The maximum absolute atomic E-state index is 10.4. The van der Waals surface area contributed by atoms with Crippen LogP contribution in [0, 0.1) is 0 Å². The highest BCUT2D eigenvalue weighted by molar-refractivity contribution is 7.89. The molecule has 0 aromatic heterocycles. The molecule has 0 aliphatic rings. The van der Waals surface area contributed by atoms with Crippen molar-refractivity contribution in [3.63, 3.8) is 0 Å². The van der Waals surface area contributed by atoms with E-state index in [0.29, 0.717) is 6.54 Å². The molecule has 0 aliphatic heterocycles. The second-order valence-electron chi connectivity index (χ2n) is 1.37. The van der Waals surface area contributed by atoms with Crippen LogP contribution in [0.3, 0.4) is 0 Å². The van der Waals surface area contributed by atoms with E-state index in [0.717, 1.165) is 10.1 Å². The highest BCUT2D eigenvalue weighted by atomic mass is 35.5. The standard InChI is InChI=1S/C3H8ClNO2S/c1-3-5(4)8(2,6)7/h3H2,1-2H3. The first-order valence-corrected chi connectivity index (χ1v) is 4.30. The quantitative estimate of drug-likeness (QED) is 0.545. The largest absolute Gasteiger partial charge is 0.224 e. The predicted octanol–water partition coefficient (Wildman–Crippen LogP) is 0.422. The molecule has 0 N–H and O–H groups in total. The smallest absolute Gasteiger partial charge is 0.211 e. The fourth-order valence-corrected chi connectivity index (χ4v) is 0.704. The van der Waals surface area contributed by atoms with E-state index in [1.165, 1.54) is 0 Å². The molecule has 3 nitrogen and oxygen atoms in total. The van der Waals surface area contributed by atoms with Gasteiger partial charge in [0.1, 0.15) is 0 Å². The fraction of sp³-hybridized carbons (Fsp3) is 1.00. The van der Waals surface area contributed by atoms with Gasteiger partial charge in [-0.1, -0.05) is 0 Å². The minimum absolute atomic E-state index is 0.306. The molecule has 0 radical (unpaired) electrons. The molecule has 8 heavy (non-hydrogen) atoms. The third-order valence-corrected chi connectivity index (χ3v) is 2.58. The molecule has 50 valence electrons. The molecule has 0 spiro atoms. The van der Waals surface area contributed by atoms with Crippen LogP contribution in [-0.4, -0.2) is 25.0 Å². The van der Waals surface area contributed by atoms with Crippen LogP contribution in [0.5, 0.6) is 0 Å². The number of halogens is 1. The van der Waals surface area contributed by atoms with Crippen LogP contribution in [0.1, 0.15) is 6.92 Å². The highest BCUT2D eigenvalue weighted by Crippen LogP contribution is 1.98. The summed E-state index contributed by atoms with van der Waals surface area (Å²) in [6.07, 6.45) is 1.06. The zero-order valence-electron chi connectivity index (χ0n) is 4.76. The first-order valence-electron chi connectivity index (χ1n) is 2.12. The molecule has 0 aromatic carbocycles. The first kappa shape index (κ1) is 8.20. The lowest BCUT2D eigenvalue weighted by Crippen LogP contribution is -2.19. The summed E-state index contributed by atoms with van der Waals surface area (Å²) in [5.74, 6) is 0. The fourth-order valence-electron chi connectivity index (χ4n) is 0.235. The van der Waals surface area contributed by atoms with Gasteiger partial charge in [0.25, 0.3) is 0 Å². The van der Waals surface area contributed by atoms with Crippen LogP contribution < -0.4 is 0 Å². The minimum Gasteiger partial charge on any atom is -0.211 e. The maximum atomic E-state index is 10.4. The van der Waals surface area contributed by atoms with E-state index < -0.39 is 10.0 Å². The van der Waals surface area contributed by atoms with Gasteiger partial charge in [-0.3, -0.25) is 0 Å². The van der Waals surface area contributed by atoms with Crippen molar-refractivity contribution in [3.05, 3.63) is 0 Å². The number of nitrogens with zero attached hydrogens (tertiary/aromatic N) is 1. The Morgan fingerprint density at radius 3 is 2.00 bits per heavy atom. The molecule has 0 rings (SSSR count). The second kappa shape index (κ2) is 2.66. The lowest BCUT2D eigenvalue weighted by atomic mass is 10.8. The third-order valence-electron chi connectivity index (χ3n) is 0.608. The van der Waals surface area contributed by atoms with Crippen LogP contribution in [0.15, 0.2) is 0 Å². The molecular weight excluding hydrogens is 150 g/mol. The van der Waals surface area contributed by atoms with Crippen LogP contribution in [0.2, 0.25) is 0 Å². The Morgan fingerprint density at radius 1 is 1.62 bits per heavy atom. The van der Waals surface area contributed by atoms with E-state index in [4.69, 9.17) is 11.8 Å². The topological polar surface area (TPSA) is 37.4 Å². The third kappa shape index (κ3) is 2.49. The van der Waals surface area contributed by atoms with Crippen LogP contribution >= 0.6 is 11.8 Å². The monoisotopic (exact) mass is 157 g/mol. The first-order chi connectivity index (χ1) is 3.48. The summed E-state index contributed by atoms with van der Waals surface area (Å²) in [6, 6.07) is 0. The summed E-state index contributed by atoms with van der Waals surface area (Å²) in [7, 11) is -3.15. The SMILES string of the molecule is CCN(Cl)S(C)(=O)=O. The van der Waals surface area contributed by atoms with Crippen molar-refractivity contribution < 1.29 is 8.42 Å². The van der Waals surface area contributed by atoms with Gasteiger partial charge in [0.2, 0.25) is 10.0 Å². The van der Waals surface area contributed by atoms with Crippen molar-refractivity contribution in [2.75, 3.05) is 12.8 Å². The van der Waals surface area contributed by atoms with E-state index >= 15 is 0 Å². The molecule has 0 aromatic rings. The summed E-state index contributed by atoms with van der Waals surface area (Å²) >= 11 is 5.19. The number of hydrogen-bond acceptors (Lipinski definition) is 2. The second-order valence-corrected chi connectivity index (χ2v) is 3.88. The summed E-state index contributed by atoms with van der Waals surface area (Å²) in [5, 5.41) is 0. The molecular formula is C3H8ClNO2S. The molecule has 0 amide bonds. The molecule has 0 saturated heterocycles. The van der Waals surface area contributed by atoms with Gasteiger partial charge in [-0.2, -0.15) is 0 Å². The normalized spacial score (nSPS) is 12.5. The maximum Gasteiger partial charge on any atom is 0.224 e. The summed E-state index contributed by atoms with van der Waals surface area (Å²) in [6.45, 7) is 1.97. The zero-order chi connectivity index (χ0) is 6.78.